The van der Waals surface area contributed by atoms with Gasteiger partial charge in [-0.3, -0.25) is 14.5 Å². The Labute approximate surface area is 218 Å². The number of ether oxygens (including phenoxy) is 1. The van der Waals surface area contributed by atoms with Crippen molar-refractivity contribution in [3.05, 3.63) is 76.5 Å². The van der Waals surface area contributed by atoms with Crippen LogP contribution in [-0.2, 0) is 4.74 Å². The fraction of sp³-hybridized carbons (Fsp3) is 0.357. The molecule has 0 bridgehead atoms. The second kappa shape index (κ2) is 10.5. The molecule has 2 aliphatic rings. The Hall–Kier alpha value is -3.89. The van der Waals surface area contributed by atoms with E-state index in [0.29, 0.717) is 59.2 Å². The summed E-state index contributed by atoms with van der Waals surface area (Å²) in [6.45, 7) is 5.03. The Kier molecular flexibility index (Phi) is 6.73. The fourth-order valence-corrected chi connectivity index (χ4v) is 5.23. The lowest BCUT2D eigenvalue weighted by molar-refractivity contribution is 0.0233. The number of carbonyl (C=O) groups excluding carboxylic acids is 1. The molecular formula is C28H29FN6O3. The van der Waals surface area contributed by atoms with Crippen LogP contribution in [0, 0.1) is 11.7 Å². The van der Waals surface area contributed by atoms with Gasteiger partial charge >= 0.3 is 0 Å². The van der Waals surface area contributed by atoms with Crippen LogP contribution in [0.4, 0.5) is 4.39 Å². The van der Waals surface area contributed by atoms with Crippen molar-refractivity contribution in [1.29, 1.82) is 0 Å². The molecule has 38 heavy (non-hydrogen) atoms. The van der Waals surface area contributed by atoms with Crippen LogP contribution in [0.25, 0.3) is 27.8 Å². The van der Waals surface area contributed by atoms with Crippen LogP contribution in [0.2, 0.25) is 0 Å². The summed E-state index contributed by atoms with van der Waals surface area (Å²) in [6.07, 6.45) is 5.09. The van der Waals surface area contributed by atoms with E-state index in [0.717, 1.165) is 26.1 Å². The van der Waals surface area contributed by atoms with Crippen LogP contribution in [0.15, 0.2) is 59.5 Å². The first kappa shape index (κ1) is 24.4. The molecule has 1 N–H and O–H groups in total. The molecular weight excluding hydrogens is 487 g/mol. The highest BCUT2D eigenvalue weighted by Gasteiger charge is 2.27. The summed E-state index contributed by atoms with van der Waals surface area (Å²) in [5, 5.41) is 8.86. The summed E-state index contributed by atoms with van der Waals surface area (Å²) in [6, 6.07) is 13.0. The van der Waals surface area contributed by atoms with Crippen molar-refractivity contribution in [3.63, 3.8) is 0 Å². The lowest BCUT2D eigenvalue weighted by Crippen LogP contribution is -2.30. The van der Waals surface area contributed by atoms with Gasteiger partial charge in [0.1, 0.15) is 11.5 Å². The smallest absolute Gasteiger partial charge is 0.258 e. The van der Waals surface area contributed by atoms with Crippen molar-refractivity contribution in [2.24, 2.45) is 5.92 Å². The van der Waals surface area contributed by atoms with Gasteiger partial charge in [-0.2, -0.15) is 0 Å². The highest BCUT2D eigenvalue weighted by Crippen LogP contribution is 2.22. The van der Waals surface area contributed by atoms with E-state index in [1.807, 2.05) is 4.90 Å². The third-order valence-electron chi connectivity index (χ3n) is 7.35. The Morgan fingerprint density at radius 1 is 1.08 bits per heavy atom. The van der Waals surface area contributed by atoms with Crippen molar-refractivity contribution in [3.8, 4) is 16.9 Å². The van der Waals surface area contributed by atoms with Crippen molar-refractivity contribution in [1.82, 2.24) is 29.8 Å². The van der Waals surface area contributed by atoms with Crippen LogP contribution in [0.5, 0.6) is 0 Å². The van der Waals surface area contributed by atoms with Crippen LogP contribution < -0.4 is 5.56 Å². The first-order chi connectivity index (χ1) is 18.5. The lowest BCUT2D eigenvalue weighted by atomic mass is 10.1. The largest absolute Gasteiger partial charge is 0.366 e. The van der Waals surface area contributed by atoms with Gasteiger partial charge < -0.3 is 14.6 Å². The summed E-state index contributed by atoms with van der Waals surface area (Å²) in [4.78, 5) is 32.6. The van der Waals surface area contributed by atoms with Gasteiger partial charge in [0.2, 0.25) is 0 Å². The number of benzene rings is 2. The van der Waals surface area contributed by atoms with Crippen molar-refractivity contribution in [2.75, 3.05) is 39.5 Å². The maximum Gasteiger partial charge on any atom is 0.258 e. The molecule has 2 aliphatic heterocycles. The topological polar surface area (TPSA) is 96.3 Å². The van der Waals surface area contributed by atoms with Crippen molar-refractivity contribution in [2.45, 2.75) is 19.3 Å². The molecule has 2 fully saturated rings. The average Bonchev–Trinajstić information content (AvgIpc) is 3.71. The Balaban J connectivity index is 1.10. The highest BCUT2D eigenvalue weighted by molar-refractivity contribution is 5.94. The number of nitrogens with zero attached hydrogens (tertiary/aromatic N) is 5. The molecule has 2 aromatic carbocycles. The molecule has 0 aliphatic carbocycles. The minimum atomic E-state index is -0.385. The number of likely N-dealkylation sites (tertiary alicyclic amines) is 2. The number of halogens is 1. The summed E-state index contributed by atoms with van der Waals surface area (Å²) >= 11 is 0. The molecule has 10 heteroatoms. The van der Waals surface area contributed by atoms with E-state index in [4.69, 9.17) is 4.74 Å². The average molecular weight is 517 g/mol. The molecule has 1 amide bonds. The maximum atomic E-state index is 13.6. The highest BCUT2D eigenvalue weighted by atomic mass is 19.1. The van der Waals surface area contributed by atoms with Crippen LogP contribution >= 0.6 is 0 Å². The molecule has 2 saturated heterocycles. The van der Waals surface area contributed by atoms with Crippen LogP contribution in [-0.4, -0.2) is 75.2 Å². The molecule has 2 aromatic heterocycles. The van der Waals surface area contributed by atoms with E-state index in [2.05, 4.69) is 20.2 Å². The Bertz CT molecular complexity index is 1510. The number of fused-ring (bicyclic) bond motifs is 1. The van der Waals surface area contributed by atoms with E-state index >= 15 is 0 Å². The monoisotopic (exact) mass is 516 g/mol. The zero-order valence-corrected chi connectivity index (χ0v) is 21.0. The molecule has 0 saturated carbocycles. The predicted octanol–water partition coefficient (Wildman–Crippen LogP) is 3.45. The maximum absolute atomic E-state index is 13.6. The van der Waals surface area contributed by atoms with Crippen molar-refractivity contribution < 1.29 is 13.9 Å². The van der Waals surface area contributed by atoms with Gasteiger partial charge in [-0.05, 0) is 67.8 Å². The third kappa shape index (κ3) is 5.09. The van der Waals surface area contributed by atoms with Gasteiger partial charge in [0.05, 0.1) is 30.8 Å². The van der Waals surface area contributed by atoms with E-state index in [-0.39, 0.29) is 17.3 Å². The first-order valence-electron chi connectivity index (χ1n) is 13.0. The van der Waals surface area contributed by atoms with Gasteiger partial charge in [0.25, 0.3) is 11.5 Å². The summed E-state index contributed by atoms with van der Waals surface area (Å²) < 4.78 is 21.1. The quantitative estimate of drug-likeness (QED) is 0.404. The SMILES string of the molecule is O=C(c1ccc(-n2cc(-c3cc4cc(F)ccc4[nH]c3=O)nn2)cc1)N1CCC(COCN2CCCC2)C1. The van der Waals surface area contributed by atoms with Gasteiger partial charge in [-0.1, -0.05) is 5.21 Å². The molecule has 0 radical (unpaired) electrons. The molecule has 6 rings (SSSR count). The molecule has 196 valence electrons. The summed E-state index contributed by atoms with van der Waals surface area (Å²) in [7, 11) is 0. The van der Waals surface area contributed by atoms with E-state index in [1.165, 1.54) is 31.0 Å². The summed E-state index contributed by atoms with van der Waals surface area (Å²) in [5.41, 5.74) is 2.20. The lowest BCUT2D eigenvalue weighted by Gasteiger charge is -2.18. The molecule has 4 heterocycles. The second-order valence-corrected chi connectivity index (χ2v) is 10.1. The number of carbonyl (C=O) groups is 1. The standard InChI is InChI=1S/C28H29FN6O3/c29-22-5-8-25-21(13-22)14-24(27(36)30-25)26-16-35(32-31-26)23-6-3-20(4-7-23)28(37)34-12-9-19(15-34)17-38-18-33-10-1-2-11-33/h3-8,13-14,16,19H,1-2,9-12,15,17-18H2,(H,30,36). The Morgan fingerprint density at radius 2 is 1.89 bits per heavy atom. The number of nitrogens with one attached hydrogen (secondary N) is 1. The van der Waals surface area contributed by atoms with Gasteiger partial charge in [-0.25, -0.2) is 9.07 Å². The minimum absolute atomic E-state index is 0.00722. The molecule has 1 atom stereocenters. The normalized spacial score (nSPS) is 18.0. The molecule has 9 nitrogen and oxygen atoms in total. The Morgan fingerprint density at radius 3 is 2.71 bits per heavy atom. The number of H-pyrrole nitrogens is 1. The molecule has 4 aromatic rings. The number of aromatic amines is 1. The van der Waals surface area contributed by atoms with Crippen molar-refractivity contribution >= 4 is 16.8 Å². The van der Waals surface area contributed by atoms with Gasteiger partial charge in [0, 0.05) is 48.6 Å². The van der Waals surface area contributed by atoms with E-state index in [9.17, 15) is 14.0 Å². The van der Waals surface area contributed by atoms with Crippen LogP contribution in [0.1, 0.15) is 29.6 Å². The zero-order valence-electron chi connectivity index (χ0n) is 21.0. The summed E-state index contributed by atoms with van der Waals surface area (Å²) in [5.74, 6) is -0.0129. The van der Waals surface area contributed by atoms with Gasteiger partial charge in [-0.15, -0.1) is 5.10 Å². The third-order valence-corrected chi connectivity index (χ3v) is 7.35. The number of pyridine rings is 1. The predicted molar refractivity (Wildman–Crippen MR) is 141 cm³/mol. The number of rotatable bonds is 7. The van der Waals surface area contributed by atoms with Crippen LogP contribution in [0.3, 0.4) is 0 Å². The number of hydrogen-bond acceptors (Lipinski definition) is 6. The fourth-order valence-electron chi connectivity index (χ4n) is 5.23. The first-order valence-corrected chi connectivity index (χ1v) is 13.0. The van der Waals surface area contributed by atoms with E-state index in [1.54, 1.807) is 41.2 Å². The van der Waals surface area contributed by atoms with Gasteiger partial charge in [0.15, 0.2) is 0 Å². The molecule has 0 spiro atoms. The minimum Gasteiger partial charge on any atom is -0.366 e. The molecule has 1 unspecified atom stereocenters. The number of hydrogen-bond donors (Lipinski definition) is 1. The number of aromatic nitrogens is 4. The number of amides is 1. The van der Waals surface area contributed by atoms with E-state index < -0.39 is 0 Å². The zero-order chi connectivity index (χ0) is 26.1. The second-order valence-electron chi connectivity index (χ2n) is 10.1.